The highest BCUT2D eigenvalue weighted by Crippen LogP contribution is 2.20. The molecule has 78 valence electrons. The summed E-state index contributed by atoms with van der Waals surface area (Å²) in [6, 6.07) is 2.35. The number of rotatable bonds is 4. The van der Waals surface area contributed by atoms with E-state index in [-0.39, 0.29) is 12.0 Å². The summed E-state index contributed by atoms with van der Waals surface area (Å²) in [5, 5.41) is 4.17. The molecule has 0 aromatic carbocycles. The summed E-state index contributed by atoms with van der Waals surface area (Å²) in [5.41, 5.74) is 11.9. The first kappa shape index (κ1) is 11.0. The van der Waals surface area contributed by atoms with Crippen molar-refractivity contribution in [2.24, 2.45) is 16.5 Å². The minimum Gasteiger partial charge on any atom is -0.370 e. The zero-order valence-corrected chi connectivity index (χ0v) is 9.29. The van der Waals surface area contributed by atoms with Gasteiger partial charge in [0.05, 0.1) is 12.6 Å². The molecule has 1 aromatic rings. The molecule has 0 aliphatic rings. The van der Waals surface area contributed by atoms with E-state index in [0.29, 0.717) is 6.54 Å². The first-order chi connectivity index (χ1) is 6.61. The van der Waals surface area contributed by atoms with Crippen LogP contribution in [0.3, 0.4) is 0 Å². The van der Waals surface area contributed by atoms with Gasteiger partial charge in [-0.2, -0.15) is 11.3 Å². The smallest absolute Gasteiger partial charge is 0.185 e. The summed E-state index contributed by atoms with van der Waals surface area (Å²) < 4.78 is 0. The van der Waals surface area contributed by atoms with Crippen molar-refractivity contribution in [3.05, 3.63) is 22.4 Å². The maximum absolute atomic E-state index is 5.31. The fourth-order valence-corrected chi connectivity index (χ4v) is 1.93. The number of hydrogen-bond acceptors (Lipinski definition) is 3. The molecule has 1 aromatic heterocycles. The van der Waals surface area contributed by atoms with Crippen LogP contribution in [0, 0.1) is 0 Å². The predicted octanol–water partition coefficient (Wildman–Crippen LogP) is 0.624. The van der Waals surface area contributed by atoms with Crippen molar-refractivity contribution in [2.75, 3.05) is 20.6 Å². The summed E-state index contributed by atoms with van der Waals surface area (Å²) >= 11 is 1.68. The molecule has 1 heterocycles. The maximum Gasteiger partial charge on any atom is 0.185 e. The minimum atomic E-state index is 0.145. The number of guanidine groups is 1. The SMILES string of the molecule is CN(C)C(CN=C(N)N)c1ccsc1. The third-order valence-corrected chi connectivity index (χ3v) is 2.70. The number of nitrogens with two attached hydrogens (primary N) is 2. The van der Waals surface area contributed by atoms with Crippen LogP contribution in [0.15, 0.2) is 21.8 Å². The number of thiophene rings is 1. The summed E-state index contributed by atoms with van der Waals surface area (Å²) in [4.78, 5) is 6.14. The first-order valence-electron chi connectivity index (χ1n) is 4.35. The Balaban J connectivity index is 2.71. The fourth-order valence-electron chi connectivity index (χ4n) is 1.22. The molecule has 4 nitrogen and oxygen atoms in total. The maximum atomic E-state index is 5.31. The summed E-state index contributed by atoms with van der Waals surface area (Å²) in [6.45, 7) is 0.603. The van der Waals surface area contributed by atoms with Crippen molar-refractivity contribution < 1.29 is 0 Å². The largest absolute Gasteiger partial charge is 0.370 e. The molecule has 1 atom stereocenters. The van der Waals surface area contributed by atoms with Gasteiger partial charge in [-0.1, -0.05) is 0 Å². The van der Waals surface area contributed by atoms with Crippen LogP contribution in [0.4, 0.5) is 0 Å². The van der Waals surface area contributed by atoms with Gasteiger partial charge >= 0.3 is 0 Å². The Kier molecular flexibility index (Phi) is 3.91. The van der Waals surface area contributed by atoms with Crippen LogP contribution in [0.25, 0.3) is 0 Å². The Morgan fingerprint density at radius 3 is 2.71 bits per heavy atom. The van der Waals surface area contributed by atoms with Gasteiger partial charge in [0.1, 0.15) is 0 Å². The second kappa shape index (κ2) is 4.97. The Bertz CT molecular complexity index is 288. The lowest BCUT2D eigenvalue weighted by Crippen LogP contribution is -2.27. The normalized spacial score (nSPS) is 12.8. The standard InChI is InChI=1S/C9H16N4S/c1-13(2)8(5-12-9(10)11)7-3-4-14-6-7/h3-4,6,8H,5H2,1-2H3,(H4,10,11,12). The Hall–Kier alpha value is -1.07. The first-order valence-corrected chi connectivity index (χ1v) is 5.29. The van der Waals surface area contributed by atoms with Gasteiger partial charge in [0, 0.05) is 0 Å². The van der Waals surface area contributed by atoms with E-state index in [1.807, 2.05) is 14.1 Å². The van der Waals surface area contributed by atoms with E-state index in [1.54, 1.807) is 11.3 Å². The second-order valence-corrected chi connectivity index (χ2v) is 4.08. The van der Waals surface area contributed by atoms with Crippen LogP contribution < -0.4 is 11.5 Å². The van der Waals surface area contributed by atoms with Crippen LogP contribution in [0.2, 0.25) is 0 Å². The predicted molar refractivity (Wildman–Crippen MR) is 61.4 cm³/mol. The quantitative estimate of drug-likeness (QED) is 0.568. The van der Waals surface area contributed by atoms with E-state index < -0.39 is 0 Å². The van der Waals surface area contributed by atoms with Gasteiger partial charge in [-0.05, 0) is 36.5 Å². The molecule has 0 spiro atoms. The molecule has 0 amide bonds. The third kappa shape index (κ3) is 3.01. The highest BCUT2D eigenvalue weighted by atomic mass is 32.1. The van der Waals surface area contributed by atoms with Crippen molar-refractivity contribution in [1.29, 1.82) is 0 Å². The number of likely N-dealkylation sites (N-methyl/N-ethyl adjacent to an activating group) is 1. The van der Waals surface area contributed by atoms with Gasteiger partial charge in [-0.3, -0.25) is 4.99 Å². The molecule has 1 unspecified atom stereocenters. The number of hydrogen-bond donors (Lipinski definition) is 2. The zero-order chi connectivity index (χ0) is 10.6. The van der Waals surface area contributed by atoms with Crippen molar-refractivity contribution in [1.82, 2.24) is 4.90 Å². The summed E-state index contributed by atoms with van der Waals surface area (Å²) in [6.07, 6.45) is 0. The van der Waals surface area contributed by atoms with Gasteiger partial charge in [0.2, 0.25) is 0 Å². The van der Waals surface area contributed by atoms with E-state index >= 15 is 0 Å². The molecule has 0 bridgehead atoms. The fraction of sp³-hybridized carbons (Fsp3) is 0.444. The van der Waals surface area contributed by atoms with Gasteiger partial charge < -0.3 is 16.4 Å². The molecule has 0 fully saturated rings. The number of aliphatic imine (C=N–C) groups is 1. The molecule has 4 N–H and O–H groups in total. The average molecular weight is 212 g/mol. The molecular weight excluding hydrogens is 196 g/mol. The van der Waals surface area contributed by atoms with E-state index in [0.717, 1.165) is 0 Å². The van der Waals surface area contributed by atoms with Crippen LogP contribution in [-0.2, 0) is 0 Å². The Labute approximate surface area is 88.2 Å². The van der Waals surface area contributed by atoms with Crippen LogP contribution in [-0.4, -0.2) is 31.5 Å². The minimum absolute atomic E-state index is 0.145. The molecule has 14 heavy (non-hydrogen) atoms. The second-order valence-electron chi connectivity index (χ2n) is 3.30. The van der Waals surface area contributed by atoms with Crippen molar-refractivity contribution in [3.8, 4) is 0 Å². The molecule has 0 aliphatic carbocycles. The zero-order valence-electron chi connectivity index (χ0n) is 8.47. The lowest BCUT2D eigenvalue weighted by Gasteiger charge is -2.21. The molecule has 0 saturated heterocycles. The molecule has 5 heteroatoms. The topological polar surface area (TPSA) is 67.6 Å². The monoisotopic (exact) mass is 212 g/mol. The summed E-state index contributed by atoms with van der Waals surface area (Å²) in [5.74, 6) is 0.145. The van der Waals surface area contributed by atoms with Gasteiger partial charge in [0.25, 0.3) is 0 Å². The van der Waals surface area contributed by atoms with Gasteiger partial charge in [-0.15, -0.1) is 0 Å². The van der Waals surface area contributed by atoms with Crippen molar-refractivity contribution >= 4 is 17.3 Å². The lowest BCUT2D eigenvalue weighted by molar-refractivity contribution is 0.307. The van der Waals surface area contributed by atoms with E-state index in [9.17, 15) is 0 Å². The Morgan fingerprint density at radius 1 is 1.57 bits per heavy atom. The Morgan fingerprint density at radius 2 is 2.29 bits per heavy atom. The highest BCUT2D eigenvalue weighted by molar-refractivity contribution is 7.07. The molecular formula is C9H16N4S. The van der Waals surface area contributed by atoms with Crippen molar-refractivity contribution in [3.63, 3.8) is 0 Å². The van der Waals surface area contributed by atoms with Gasteiger partial charge in [0.15, 0.2) is 5.96 Å². The highest BCUT2D eigenvalue weighted by Gasteiger charge is 2.13. The van der Waals surface area contributed by atoms with Gasteiger partial charge in [-0.25, -0.2) is 0 Å². The van der Waals surface area contributed by atoms with E-state index in [4.69, 9.17) is 11.5 Å². The van der Waals surface area contributed by atoms with Crippen LogP contribution >= 0.6 is 11.3 Å². The third-order valence-electron chi connectivity index (χ3n) is 2.00. The molecule has 0 radical (unpaired) electrons. The van der Waals surface area contributed by atoms with Crippen molar-refractivity contribution in [2.45, 2.75) is 6.04 Å². The molecule has 0 saturated carbocycles. The molecule has 0 aliphatic heterocycles. The average Bonchev–Trinajstić information content (AvgIpc) is 2.56. The van der Waals surface area contributed by atoms with E-state index in [2.05, 4.69) is 26.7 Å². The molecule has 1 rings (SSSR count). The summed E-state index contributed by atoms with van der Waals surface area (Å²) in [7, 11) is 4.04. The van der Waals surface area contributed by atoms with Crippen LogP contribution in [0.1, 0.15) is 11.6 Å². The lowest BCUT2D eigenvalue weighted by atomic mass is 10.1. The van der Waals surface area contributed by atoms with E-state index in [1.165, 1.54) is 5.56 Å². The number of nitrogens with zero attached hydrogens (tertiary/aromatic N) is 2. The van der Waals surface area contributed by atoms with Crippen LogP contribution in [0.5, 0.6) is 0 Å².